The summed E-state index contributed by atoms with van der Waals surface area (Å²) < 4.78 is 12.6. The highest BCUT2D eigenvalue weighted by Gasteiger charge is 2.11. The van der Waals surface area contributed by atoms with Gasteiger partial charge < -0.3 is 14.8 Å². The van der Waals surface area contributed by atoms with E-state index in [2.05, 4.69) is 32.7 Å². The van der Waals surface area contributed by atoms with Crippen molar-refractivity contribution in [2.24, 2.45) is 0 Å². The summed E-state index contributed by atoms with van der Waals surface area (Å²) in [4.78, 5) is 12.4. The molecule has 0 bridgehead atoms. The minimum atomic E-state index is -0.0601. The summed E-state index contributed by atoms with van der Waals surface area (Å²) in [6.45, 7) is 0.658. The first kappa shape index (κ1) is 23.0. The average molecular weight is 480 g/mol. The molecule has 1 N–H and O–H groups in total. The number of nitrogens with zero attached hydrogens (tertiary/aromatic N) is 4. The van der Waals surface area contributed by atoms with Gasteiger partial charge in [-0.3, -0.25) is 4.79 Å². The van der Waals surface area contributed by atoms with Crippen LogP contribution < -0.4 is 14.8 Å². The molecule has 0 aliphatic heterocycles. The minimum Gasteiger partial charge on any atom is -0.497 e. The number of carbonyl (C=O) groups excluding carboxylic acids is 1. The molecule has 2 aromatic heterocycles. The largest absolute Gasteiger partial charge is 0.497 e. The second kappa shape index (κ2) is 10.7. The summed E-state index contributed by atoms with van der Waals surface area (Å²) in [5, 5.41) is 15.8. The Balaban J connectivity index is 1.13. The first-order valence-electron chi connectivity index (χ1n) is 11.6. The molecule has 2 heterocycles. The molecule has 0 spiro atoms. The number of aromatic nitrogens is 4. The topological polar surface area (TPSA) is 90.6 Å². The van der Waals surface area contributed by atoms with E-state index in [1.165, 1.54) is 0 Å². The molecule has 0 radical (unpaired) electrons. The van der Waals surface area contributed by atoms with E-state index in [4.69, 9.17) is 9.47 Å². The van der Waals surface area contributed by atoms with Crippen LogP contribution in [0.4, 0.5) is 0 Å². The zero-order chi connectivity index (χ0) is 24.7. The third kappa shape index (κ3) is 5.33. The van der Waals surface area contributed by atoms with Crippen molar-refractivity contribution in [3.05, 3.63) is 96.6 Å². The van der Waals surface area contributed by atoms with E-state index < -0.39 is 0 Å². The number of fused-ring (bicyclic) bond motifs is 1. The van der Waals surface area contributed by atoms with Gasteiger partial charge in [-0.2, -0.15) is 4.52 Å². The first-order chi connectivity index (χ1) is 17.7. The molecule has 0 fully saturated rings. The maximum Gasteiger partial charge on any atom is 0.231 e. The van der Waals surface area contributed by atoms with Crippen molar-refractivity contribution in [1.29, 1.82) is 0 Å². The zero-order valence-electron chi connectivity index (χ0n) is 19.8. The van der Waals surface area contributed by atoms with Gasteiger partial charge in [0, 0.05) is 11.6 Å². The van der Waals surface area contributed by atoms with Gasteiger partial charge in [0.25, 0.3) is 0 Å². The quantitative estimate of drug-likeness (QED) is 0.319. The summed E-state index contributed by atoms with van der Waals surface area (Å²) in [5.41, 5.74) is 4.71. The average Bonchev–Trinajstić information content (AvgIpc) is 3.35. The minimum absolute atomic E-state index is 0.0601. The van der Waals surface area contributed by atoms with Gasteiger partial charge in [-0.1, -0.05) is 54.6 Å². The Hall–Kier alpha value is -4.72. The number of nitrogens with one attached hydrogen (secondary N) is 1. The lowest BCUT2D eigenvalue weighted by Crippen LogP contribution is -2.29. The molecule has 180 valence electrons. The van der Waals surface area contributed by atoms with Crippen LogP contribution in [0, 0.1) is 0 Å². The fourth-order valence-corrected chi connectivity index (χ4v) is 3.81. The van der Waals surface area contributed by atoms with E-state index >= 15 is 0 Å². The van der Waals surface area contributed by atoms with Crippen molar-refractivity contribution < 1.29 is 14.3 Å². The second-order valence-corrected chi connectivity index (χ2v) is 8.13. The molecule has 5 aromatic rings. The number of hydrogen-bond donors (Lipinski definition) is 1. The molecule has 0 unspecified atom stereocenters. The maximum absolute atomic E-state index is 12.4. The predicted octanol–water partition coefficient (Wildman–Crippen LogP) is 4.20. The van der Waals surface area contributed by atoms with Crippen LogP contribution in [0.1, 0.15) is 5.56 Å². The number of hydrogen-bond acceptors (Lipinski definition) is 6. The number of rotatable bonds is 9. The molecule has 5 rings (SSSR count). The van der Waals surface area contributed by atoms with E-state index in [0.717, 1.165) is 28.0 Å². The van der Waals surface area contributed by atoms with Crippen molar-refractivity contribution in [1.82, 2.24) is 25.1 Å². The molecule has 36 heavy (non-hydrogen) atoms. The number of benzene rings is 3. The van der Waals surface area contributed by atoms with E-state index in [1.54, 1.807) is 23.8 Å². The molecule has 8 heteroatoms. The van der Waals surface area contributed by atoms with Crippen molar-refractivity contribution in [3.63, 3.8) is 0 Å². The van der Waals surface area contributed by atoms with E-state index in [1.807, 2.05) is 66.7 Å². The van der Waals surface area contributed by atoms with Crippen molar-refractivity contribution in [2.45, 2.75) is 6.42 Å². The fourth-order valence-electron chi connectivity index (χ4n) is 3.81. The summed E-state index contributed by atoms with van der Waals surface area (Å²) in [7, 11) is 1.62. The third-order valence-electron chi connectivity index (χ3n) is 5.69. The van der Waals surface area contributed by atoms with Crippen LogP contribution >= 0.6 is 0 Å². The molecule has 0 aliphatic carbocycles. The standard InChI is InChI=1S/C28H25N5O3/c1-35-24-13-11-23(12-14-24)28-31-30-25-15-16-27(32-33(25)28)36-18-17-29-26(34)19-20-7-9-22(10-8-20)21-5-3-2-4-6-21/h2-16H,17-19H2,1H3,(H,29,34). The lowest BCUT2D eigenvalue weighted by atomic mass is 10.0. The van der Waals surface area contributed by atoms with Gasteiger partial charge in [0.1, 0.15) is 12.4 Å². The Morgan fingerprint density at radius 3 is 2.31 bits per heavy atom. The van der Waals surface area contributed by atoms with E-state index in [9.17, 15) is 4.79 Å². The summed E-state index contributed by atoms with van der Waals surface area (Å²) >= 11 is 0. The van der Waals surface area contributed by atoms with Gasteiger partial charge in [0.15, 0.2) is 11.5 Å². The van der Waals surface area contributed by atoms with Crippen LogP contribution in [0.3, 0.4) is 0 Å². The highest BCUT2D eigenvalue weighted by Crippen LogP contribution is 2.22. The predicted molar refractivity (Wildman–Crippen MR) is 137 cm³/mol. The van der Waals surface area contributed by atoms with E-state index in [-0.39, 0.29) is 12.5 Å². The van der Waals surface area contributed by atoms with Crippen LogP contribution in [0.15, 0.2) is 91.0 Å². The Morgan fingerprint density at radius 1 is 0.833 bits per heavy atom. The number of amides is 1. The lowest BCUT2D eigenvalue weighted by Gasteiger charge is -2.08. The summed E-state index contributed by atoms with van der Waals surface area (Å²) in [6.07, 6.45) is 0.311. The van der Waals surface area contributed by atoms with Gasteiger partial charge in [-0.25, -0.2) is 0 Å². The van der Waals surface area contributed by atoms with Gasteiger partial charge in [0.05, 0.1) is 20.1 Å². The third-order valence-corrected chi connectivity index (χ3v) is 5.69. The highest BCUT2D eigenvalue weighted by atomic mass is 16.5. The Bertz CT molecular complexity index is 1450. The molecular weight excluding hydrogens is 454 g/mol. The first-order valence-corrected chi connectivity index (χ1v) is 11.6. The van der Waals surface area contributed by atoms with Crippen LogP contribution in [0.25, 0.3) is 28.2 Å². The fraction of sp³-hybridized carbons (Fsp3) is 0.143. The summed E-state index contributed by atoms with van der Waals surface area (Å²) in [6, 6.07) is 29.2. The zero-order valence-corrected chi connectivity index (χ0v) is 19.8. The van der Waals surface area contributed by atoms with Crippen LogP contribution in [-0.2, 0) is 11.2 Å². The van der Waals surface area contributed by atoms with Crippen molar-refractivity contribution in [3.8, 4) is 34.1 Å². The lowest BCUT2D eigenvalue weighted by molar-refractivity contribution is -0.120. The maximum atomic E-state index is 12.4. The molecule has 0 aliphatic rings. The molecule has 3 aromatic carbocycles. The van der Waals surface area contributed by atoms with Gasteiger partial charge >= 0.3 is 0 Å². The van der Waals surface area contributed by atoms with E-state index in [0.29, 0.717) is 30.3 Å². The van der Waals surface area contributed by atoms with Crippen molar-refractivity contribution >= 4 is 11.6 Å². The number of ether oxygens (including phenoxy) is 2. The van der Waals surface area contributed by atoms with Gasteiger partial charge in [0.2, 0.25) is 11.8 Å². The molecule has 0 saturated heterocycles. The van der Waals surface area contributed by atoms with Crippen molar-refractivity contribution in [2.75, 3.05) is 20.3 Å². The second-order valence-electron chi connectivity index (χ2n) is 8.13. The monoisotopic (exact) mass is 479 g/mol. The van der Waals surface area contributed by atoms with Gasteiger partial charge in [-0.15, -0.1) is 15.3 Å². The molecular formula is C28H25N5O3. The Kier molecular flexibility index (Phi) is 6.84. The normalized spacial score (nSPS) is 10.8. The van der Waals surface area contributed by atoms with Crippen LogP contribution in [0.5, 0.6) is 11.6 Å². The highest BCUT2D eigenvalue weighted by molar-refractivity contribution is 5.78. The SMILES string of the molecule is COc1ccc(-c2nnc3ccc(OCCNC(=O)Cc4ccc(-c5ccccc5)cc4)nn23)cc1. The molecule has 0 atom stereocenters. The van der Waals surface area contributed by atoms with Crippen LogP contribution in [-0.4, -0.2) is 46.0 Å². The van der Waals surface area contributed by atoms with Crippen LogP contribution in [0.2, 0.25) is 0 Å². The molecule has 1 amide bonds. The Morgan fingerprint density at radius 2 is 1.56 bits per heavy atom. The number of carbonyl (C=O) groups is 1. The van der Waals surface area contributed by atoms with Gasteiger partial charge in [-0.05, 0) is 47.0 Å². The molecule has 0 saturated carbocycles. The number of methoxy groups -OCH3 is 1. The Labute approximate surface area is 208 Å². The smallest absolute Gasteiger partial charge is 0.231 e. The molecule has 8 nitrogen and oxygen atoms in total. The summed E-state index contributed by atoms with van der Waals surface area (Å²) in [5.74, 6) is 1.72.